The minimum absolute atomic E-state index is 0.0114. The maximum Gasteiger partial charge on any atom is 0.328 e. The first-order valence-corrected chi connectivity index (χ1v) is 5.83. The Morgan fingerprint density at radius 1 is 1.33 bits per heavy atom. The van der Waals surface area contributed by atoms with E-state index in [9.17, 15) is 9.59 Å². The van der Waals surface area contributed by atoms with Crippen molar-refractivity contribution in [3.8, 4) is 0 Å². The smallest absolute Gasteiger partial charge is 0.328 e. The standard InChI is InChI=1S/C14H17NO3/c1-3-13(16)15-10(2)12-7-4-11(5-8-12)6-9-14(17)18/h4-10H,3H2,1-2H3,(H,15,16)(H,17,18). The van der Waals surface area contributed by atoms with Crippen molar-refractivity contribution in [1.82, 2.24) is 5.32 Å². The molecule has 0 fully saturated rings. The van der Waals surface area contributed by atoms with Crippen LogP contribution in [-0.4, -0.2) is 17.0 Å². The van der Waals surface area contributed by atoms with Crippen LogP contribution >= 0.6 is 0 Å². The lowest BCUT2D eigenvalue weighted by atomic mass is 10.1. The summed E-state index contributed by atoms with van der Waals surface area (Å²) in [4.78, 5) is 21.6. The molecule has 1 atom stereocenters. The van der Waals surface area contributed by atoms with Gasteiger partial charge >= 0.3 is 5.97 Å². The quantitative estimate of drug-likeness (QED) is 0.785. The van der Waals surface area contributed by atoms with Gasteiger partial charge in [-0.05, 0) is 24.1 Å². The fourth-order valence-electron chi connectivity index (χ4n) is 1.49. The van der Waals surface area contributed by atoms with Gasteiger partial charge in [-0.15, -0.1) is 0 Å². The van der Waals surface area contributed by atoms with Gasteiger partial charge in [0.1, 0.15) is 0 Å². The number of carbonyl (C=O) groups is 2. The zero-order chi connectivity index (χ0) is 13.5. The minimum Gasteiger partial charge on any atom is -0.478 e. The molecule has 1 unspecified atom stereocenters. The molecule has 4 heteroatoms. The molecule has 0 aromatic heterocycles. The highest BCUT2D eigenvalue weighted by Gasteiger charge is 2.07. The van der Waals surface area contributed by atoms with Crippen LogP contribution < -0.4 is 5.32 Å². The number of nitrogens with one attached hydrogen (secondary N) is 1. The Morgan fingerprint density at radius 3 is 2.44 bits per heavy atom. The number of hydrogen-bond donors (Lipinski definition) is 2. The van der Waals surface area contributed by atoms with Crippen molar-refractivity contribution in [3.63, 3.8) is 0 Å². The molecule has 0 saturated heterocycles. The molecule has 0 aliphatic rings. The second-order valence-corrected chi connectivity index (χ2v) is 3.98. The maximum atomic E-state index is 11.3. The number of carboxylic acids is 1. The van der Waals surface area contributed by atoms with Crippen LogP contribution in [-0.2, 0) is 9.59 Å². The van der Waals surface area contributed by atoms with E-state index < -0.39 is 5.97 Å². The van der Waals surface area contributed by atoms with Gasteiger partial charge in [-0.1, -0.05) is 31.2 Å². The minimum atomic E-state index is -0.970. The van der Waals surface area contributed by atoms with Crippen LogP contribution in [0.25, 0.3) is 6.08 Å². The lowest BCUT2D eigenvalue weighted by molar-refractivity contribution is -0.131. The zero-order valence-corrected chi connectivity index (χ0v) is 10.5. The van der Waals surface area contributed by atoms with E-state index in [1.54, 1.807) is 0 Å². The van der Waals surface area contributed by atoms with Gasteiger partial charge in [-0.3, -0.25) is 4.79 Å². The molecule has 0 heterocycles. The lowest BCUT2D eigenvalue weighted by Crippen LogP contribution is -2.25. The third-order valence-corrected chi connectivity index (χ3v) is 2.55. The summed E-state index contributed by atoms with van der Waals surface area (Å²) in [5.74, 6) is -0.958. The van der Waals surface area contributed by atoms with Crippen LogP contribution in [0.2, 0.25) is 0 Å². The SMILES string of the molecule is CCC(=O)NC(C)c1ccc(C=CC(=O)O)cc1. The Bertz CT molecular complexity index is 449. The second kappa shape index (κ2) is 6.59. The topological polar surface area (TPSA) is 66.4 Å². The summed E-state index contributed by atoms with van der Waals surface area (Å²) in [7, 11) is 0. The molecule has 1 amide bonds. The van der Waals surface area contributed by atoms with Crippen molar-refractivity contribution in [2.24, 2.45) is 0 Å². The van der Waals surface area contributed by atoms with Gasteiger partial charge < -0.3 is 10.4 Å². The van der Waals surface area contributed by atoms with Gasteiger partial charge in [-0.25, -0.2) is 4.79 Å². The Balaban J connectivity index is 2.70. The van der Waals surface area contributed by atoms with Crippen molar-refractivity contribution < 1.29 is 14.7 Å². The van der Waals surface area contributed by atoms with E-state index in [4.69, 9.17) is 5.11 Å². The van der Waals surface area contributed by atoms with Crippen LogP contribution in [0.15, 0.2) is 30.3 Å². The summed E-state index contributed by atoms with van der Waals surface area (Å²) in [6.45, 7) is 3.72. The summed E-state index contributed by atoms with van der Waals surface area (Å²) in [6, 6.07) is 7.35. The average Bonchev–Trinajstić information content (AvgIpc) is 2.36. The first kappa shape index (κ1) is 14.0. The summed E-state index contributed by atoms with van der Waals surface area (Å²) in [6.07, 6.45) is 3.09. The summed E-state index contributed by atoms with van der Waals surface area (Å²) >= 11 is 0. The molecule has 0 aliphatic heterocycles. The molecule has 96 valence electrons. The zero-order valence-electron chi connectivity index (χ0n) is 10.5. The number of rotatable bonds is 5. The van der Waals surface area contributed by atoms with Crippen molar-refractivity contribution in [2.45, 2.75) is 26.3 Å². The van der Waals surface area contributed by atoms with Crippen molar-refractivity contribution >= 4 is 18.0 Å². The number of carbonyl (C=O) groups excluding carboxylic acids is 1. The van der Waals surface area contributed by atoms with Crippen LogP contribution in [0, 0.1) is 0 Å². The molecule has 0 spiro atoms. The Hall–Kier alpha value is -2.10. The van der Waals surface area contributed by atoms with E-state index in [0.29, 0.717) is 6.42 Å². The number of benzene rings is 1. The molecule has 0 bridgehead atoms. The predicted octanol–water partition coefficient (Wildman–Crippen LogP) is 2.37. The molecule has 0 aliphatic carbocycles. The maximum absolute atomic E-state index is 11.3. The van der Waals surface area contributed by atoms with Crippen molar-refractivity contribution in [2.75, 3.05) is 0 Å². The van der Waals surface area contributed by atoms with Gasteiger partial charge in [0.25, 0.3) is 0 Å². The van der Waals surface area contributed by atoms with Gasteiger partial charge in [0.15, 0.2) is 0 Å². The third-order valence-electron chi connectivity index (χ3n) is 2.55. The molecule has 1 rings (SSSR count). The van der Waals surface area contributed by atoms with Gasteiger partial charge in [-0.2, -0.15) is 0 Å². The fraction of sp³-hybridized carbons (Fsp3) is 0.286. The highest BCUT2D eigenvalue weighted by atomic mass is 16.4. The molecule has 18 heavy (non-hydrogen) atoms. The molecule has 0 saturated carbocycles. The van der Waals surface area contributed by atoms with E-state index in [-0.39, 0.29) is 11.9 Å². The van der Waals surface area contributed by atoms with Gasteiger partial charge in [0, 0.05) is 12.5 Å². The predicted molar refractivity (Wildman–Crippen MR) is 70.0 cm³/mol. The summed E-state index contributed by atoms with van der Waals surface area (Å²) in [5.41, 5.74) is 1.81. The normalized spacial score (nSPS) is 12.3. The fourth-order valence-corrected chi connectivity index (χ4v) is 1.49. The molecular formula is C14H17NO3. The van der Waals surface area contributed by atoms with Crippen LogP contribution in [0.1, 0.15) is 37.4 Å². The lowest BCUT2D eigenvalue weighted by Gasteiger charge is -2.13. The molecular weight excluding hydrogens is 230 g/mol. The van der Waals surface area contributed by atoms with Crippen molar-refractivity contribution in [3.05, 3.63) is 41.5 Å². The van der Waals surface area contributed by atoms with Crippen LogP contribution in [0.4, 0.5) is 0 Å². The van der Waals surface area contributed by atoms with E-state index in [0.717, 1.165) is 17.2 Å². The number of amides is 1. The number of aliphatic carboxylic acids is 1. The molecule has 0 radical (unpaired) electrons. The highest BCUT2D eigenvalue weighted by Crippen LogP contribution is 2.14. The van der Waals surface area contributed by atoms with E-state index in [1.807, 2.05) is 38.1 Å². The van der Waals surface area contributed by atoms with Crippen LogP contribution in [0.5, 0.6) is 0 Å². The Kier molecular flexibility index (Phi) is 5.11. The second-order valence-electron chi connectivity index (χ2n) is 3.98. The van der Waals surface area contributed by atoms with Gasteiger partial charge in [0.05, 0.1) is 6.04 Å². The Labute approximate surface area is 106 Å². The molecule has 1 aromatic rings. The molecule has 2 N–H and O–H groups in total. The van der Waals surface area contributed by atoms with E-state index in [2.05, 4.69) is 5.32 Å². The summed E-state index contributed by atoms with van der Waals surface area (Å²) in [5, 5.41) is 11.4. The first-order valence-electron chi connectivity index (χ1n) is 5.83. The third kappa shape index (κ3) is 4.41. The Morgan fingerprint density at radius 2 is 1.94 bits per heavy atom. The number of carboxylic acid groups (broad SMARTS) is 1. The monoisotopic (exact) mass is 247 g/mol. The van der Waals surface area contributed by atoms with Crippen LogP contribution in [0.3, 0.4) is 0 Å². The largest absolute Gasteiger partial charge is 0.478 e. The van der Waals surface area contributed by atoms with E-state index in [1.165, 1.54) is 6.08 Å². The van der Waals surface area contributed by atoms with Gasteiger partial charge in [0.2, 0.25) is 5.91 Å². The average molecular weight is 247 g/mol. The highest BCUT2D eigenvalue weighted by molar-refractivity contribution is 5.85. The van der Waals surface area contributed by atoms with E-state index >= 15 is 0 Å². The first-order chi connectivity index (χ1) is 8.52. The number of hydrogen-bond acceptors (Lipinski definition) is 2. The molecule has 4 nitrogen and oxygen atoms in total. The summed E-state index contributed by atoms with van der Waals surface area (Å²) < 4.78 is 0. The van der Waals surface area contributed by atoms with Crippen molar-refractivity contribution in [1.29, 1.82) is 0 Å². The molecule has 1 aromatic carbocycles.